The Hall–Kier alpha value is -4.00. The third kappa shape index (κ3) is 6.00. The first-order valence-corrected chi connectivity index (χ1v) is 8.93. The first kappa shape index (κ1) is 19.8. The fraction of sp³-hybridized carbons (Fsp3) is 0.0909. The van der Waals surface area contributed by atoms with Gasteiger partial charge in [-0.1, -0.05) is 48.5 Å². The zero-order valence-electron chi connectivity index (χ0n) is 15.5. The minimum absolute atomic E-state index is 0.0854. The maximum absolute atomic E-state index is 12.0. The van der Waals surface area contributed by atoms with Crippen LogP contribution in [0.3, 0.4) is 0 Å². The van der Waals surface area contributed by atoms with Crippen molar-refractivity contribution in [2.24, 2.45) is 5.10 Å². The molecule has 3 aromatic rings. The molecule has 7 heteroatoms. The number of amides is 1. The zero-order valence-corrected chi connectivity index (χ0v) is 15.5. The van der Waals surface area contributed by atoms with Gasteiger partial charge in [-0.05, 0) is 35.4 Å². The van der Waals surface area contributed by atoms with Crippen molar-refractivity contribution in [2.75, 3.05) is 0 Å². The Balaban J connectivity index is 1.50. The molecule has 29 heavy (non-hydrogen) atoms. The van der Waals surface area contributed by atoms with Crippen molar-refractivity contribution < 1.29 is 14.5 Å². The maximum Gasteiger partial charge on any atom is 0.273 e. The van der Waals surface area contributed by atoms with E-state index in [1.165, 1.54) is 12.3 Å². The number of ether oxygens (including phenoxy) is 1. The predicted molar refractivity (Wildman–Crippen MR) is 110 cm³/mol. The van der Waals surface area contributed by atoms with E-state index in [4.69, 9.17) is 4.74 Å². The van der Waals surface area contributed by atoms with Crippen LogP contribution < -0.4 is 10.2 Å². The number of rotatable bonds is 8. The first-order valence-electron chi connectivity index (χ1n) is 8.93. The fourth-order valence-electron chi connectivity index (χ4n) is 2.62. The molecular weight excluding hydrogens is 370 g/mol. The topological polar surface area (TPSA) is 93.8 Å². The number of nitro benzene ring substituents is 1. The lowest BCUT2D eigenvalue weighted by atomic mass is 10.1. The molecule has 0 heterocycles. The fourth-order valence-corrected chi connectivity index (χ4v) is 2.62. The molecule has 1 amide bonds. The SMILES string of the molecule is O=C(Cc1ccccc1[N+](=O)[O-])NN=Cc1ccc(OCc2ccccc2)cc1. The van der Waals surface area contributed by atoms with Gasteiger partial charge in [0.1, 0.15) is 12.4 Å². The summed E-state index contributed by atoms with van der Waals surface area (Å²) in [6.07, 6.45) is 1.37. The van der Waals surface area contributed by atoms with Gasteiger partial charge in [0.05, 0.1) is 17.6 Å². The highest BCUT2D eigenvalue weighted by molar-refractivity contribution is 5.83. The summed E-state index contributed by atoms with van der Waals surface area (Å²) in [6.45, 7) is 0.482. The Kier molecular flexibility index (Phi) is 6.67. The van der Waals surface area contributed by atoms with Gasteiger partial charge in [0.2, 0.25) is 5.91 Å². The molecule has 0 saturated heterocycles. The van der Waals surface area contributed by atoms with Crippen molar-refractivity contribution in [1.82, 2.24) is 5.43 Å². The van der Waals surface area contributed by atoms with E-state index in [9.17, 15) is 14.9 Å². The van der Waals surface area contributed by atoms with E-state index < -0.39 is 10.8 Å². The molecule has 7 nitrogen and oxygen atoms in total. The number of hydrogen-bond acceptors (Lipinski definition) is 5. The van der Waals surface area contributed by atoms with Crippen LogP contribution in [0.5, 0.6) is 5.75 Å². The molecule has 0 aromatic heterocycles. The largest absolute Gasteiger partial charge is 0.489 e. The quantitative estimate of drug-likeness (QED) is 0.359. The van der Waals surface area contributed by atoms with E-state index in [0.29, 0.717) is 12.2 Å². The molecule has 0 saturated carbocycles. The van der Waals surface area contributed by atoms with Gasteiger partial charge in [-0.25, -0.2) is 5.43 Å². The Morgan fingerprint density at radius 1 is 1.00 bits per heavy atom. The summed E-state index contributed by atoms with van der Waals surface area (Å²) in [5.41, 5.74) is 4.50. The highest BCUT2D eigenvalue weighted by Crippen LogP contribution is 2.18. The molecule has 1 N–H and O–H groups in total. The van der Waals surface area contributed by atoms with Crippen LogP contribution in [0.4, 0.5) is 5.69 Å². The number of hydrogen-bond donors (Lipinski definition) is 1. The molecule has 0 bridgehead atoms. The molecule has 0 aliphatic rings. The van der Waals surface area contributed by atoms with Gasteiger partial charge in [-0.2, -0.15) is 5.10 Å². The summed E-state index contributed by atoms with van der Waals surface area (Å²) in [5.74, 6) is 0.296. The molecule has 3 rings (SSSR count). The van der Waals surface area contributed by atoms with Crippen molar-refractivity contribution in [2.45, 2.75) is 13.0 Å². The number of benzene rings is 3. The smallest absolute Gasteiger partial charge is 0.273 e. The van der Waals surface area contributed by atoms with Crippen molar-refractivity contribution in [1.29, 1.82) is 0 Å². The summed E-state index contributed by atoms with van der Waals surface area (Å²) in [6, 6.07) is 23.3. The Labute approximate surface area is 167 Å². The summed E-state index contributed by atoms with van der Waals surface area (Å²) in [4.78, 5) is 22.5. The normalized spacial score (nSPS) is 10.6. The van der Waals surface area contributed by atoms with Gasteiger partial charge in [-0.15, -0.1) is 0 Å². The van der Waals surface area contributed by atoms with Crippen LogP contribution in [0.2, 0.25) is 0 Å². The molecule has 0 atom stereocenters. The molecular formula is C22H19N3O4. The van der Waals surface area contributed by atoms with Crippen LogP contribution >= 0.6 is 0 Å². The Morgan fingerprint density at radius 3 is 2.41 bits per heavy atom. The van der Waals surface area contributed by atoms with Gasteiger partial charge in [0.15, 0.2) is 0 Å². The summed E-state index contributed by atoms with van der Waals surface area (Å²) in [7, 11) is 0. The number of carbonyl (C=O) groups excluding carboxylic acids is 1. The highest BCUT2D eigenvalue weighted by atomic mass is 16.6. The van der Waals surface area contributed by atoms with E-state index in [1.54, 1.807) is 18.2 Å². The molecule has 146 valence electrons. The van der Waals surface area contributed by atoms with Gasteiger partial charge >= 0.3 is 0 Å². The van der Waals surface area contributed by atoms with Crippen molar-refractivity contribution in [3.63, 3.8) is 0 Å². The minimum Gasteiger partial charge on any atom is -0.489 e. The molecule has 0 aliphatic heterocycles. The number of nitrogens with one attached hydrogen (secondary N) is 1. The molecule has 3 aromatic carbocycles. The highest BCUT2D eigenvalue weighted by Gasteiger charge is 2.14. The van der Waals surface area contributed by atoms with E-state index in [-0.39, 0.29) is 12.1 Å². The average Bonchev–Trinajstić information content (AvgIpc) is 2.74. The van der Waals surface area contributed by atoms with Crippen LogP contribution in [0, 0.1) is 10.1 Å². The van der Waals surface area contributed by atoms with Gasteiger partial charge in [0, 0.05) is 11.6 Å². The average molecular weight is 389 g/mol. The summed E-state index contributed by atoms with van der Waals surface area (Å²) in [5, 5.41) is 14.9. The Morgan fingerprint density at radius 2 is 1.69 bits per heavy atom. The lowest BCUT2D eigenvalue weighted by Crippen LogP contribution is -2.20. The molecule has 0 aliphatic carbocycles. The van der Waals surface area contributed by atoms with E-state index in [2.05, 4.69) is 10.5 Å². The summed E-state index contributed by atoms with van der Waals surface area (Å²) >= 11 is 0. The Bertz CT molecular complexity index is 1000. The number of nitro groups is 1. The van der Waals surface area contributed by atoms with Crippen LogP contribution in [0.1, 0.15) is 16.7 Å². The molecule has 0 spiro atoms. The molecule has 0 unspecified atom stereocenters. The van der Waals surface area contributed by atoms with Gasteiger partial charge < -0.3 is 4.74 Å². The van der Waals surface area contributed by atoms with Gasteiger partial charge in [0.25, 0.3) is 5.69 Å². The second-order valence-electron chi connectivity index (χ2n) is 6.20. The second kappa shape index (κ2) is 9.80. The number of nitrogens with zero attached hydrogens (tertiary/aromatic N) is 2. The lowest BCUT2D eigenvalue weighted by Gasteiger charge is -2.06. The van der Waals surface area contributed by atoms with Crippen molar-refractivity contribution in [3.8, 4) is 5.75 Å². The lowest BCUT2D eigenvalue weighted by molar-refractivity contribution is -0.385. The van der Waals surface area contributed by atoms with Crippen molar-refractivity contribution in [3.05, 3.63) is 106 Å². The standard InChI is InChI=1S/C22H19N3O4/c26-22(14-19-8-4-5-9-21(19)25(27)28)24-23-15-17-10-12-20(13-11-17)29-16-18-6-2-1-3-7-18/h1-13,15H,14,16H2,(H,24,26). The number of hydrazone groups is 1. The van der Waals surface area contributed by atoms with E-state index >= 15 is 0 Å². The predicted octanol–water partition coefficient (Wildman–Crippen LogP) is 3.87. The first-order chi connectivity index (χ1) is 14.1. The third-order valence-electron chi connectivity index (χ3n) is 4.07. The van der Waals surface area contributed by atoms with Crippen LogP contribution in [-0.4, -0.2) is 17.0 Å². The maximum atomic E-state index is 12.0. The zero-order chi connectivity index (χ0) is 20.5. The van der Waals surface area contributed by atoms with Crippen LogP contribution in [0.25, 0.3) is 0 Å². The van der Waals surface area contributed by atoms with Crippen molar-refractivity contribution >= 4 is 17.8 Å². The number of carbonyl (C=O) groups is 1. The van der Waals surface area contributed by atoms with Crippen LogP contribution in [0.15, 0.2) is 84.0 Å². The third-order valence-corrected chi connectivity index (χ3v) is 4.07. The van der Waals surface area contributed by atoms with Crippen LogP contribution in [-0.2, 0) is 17.8 Å². The minimum atomic E-state index is -0.507. The monoisotopic (exact) mass is 389 g/mol. The van der Waals surface area contributed by atoms with E-state index in [1.807, 2.05) is 54.6 Å². The van der Waals surface area contributed by atoms with Gasteiger partial charge in [-0.3, -0.25) is 14.9 Å². The second-order valence-corrected chi connectivity index (χ2v) is 6.20. The molecule has 0 fully saturated rings. The number of para-hydroxylation sites is 1. The summed E-state index contributed by atoms with van der Waals surface area (Å²) < 4.78 is 5.72. The van der Waals surface area contributed by atoms with E-state index in [0.717, 1.165) is 16.9 Å². The molecule has 0 radical (unpaired) electrons.